The zero-order valence-corrected chi connectivity index (χ0v) is 12.0. The van der Waals surface area contributed by atoms with Gasteiger partial charge >= 0.3 is 5.97 Å². The van der Waals surface area contributed by atoms with Crippen LogP contribution in [0.5, 0.6) is 0 Å². The van der Waals surface area contributed by atoms with Crippen molar-refractivity contribution in [2.45, 2.75) is 33.1 Å². The lowest BCUT2D eigenvalue weighted by molar-refractivity contribution is -0.114. The second-order valence-corrected chi connectivity index (χ2v) is 5.87. The van der Waals surface area contributed by atoms with E-state index in [0.717, 1.165) is 5.56 Å². The average Bonchev–Trinajstić information content (AvgIpc) is 2.65. The summed E-state index contributed by atoms with van der Waals surface area (Å²) in [7, 11) is 0. The fraction of sp³-hybridized carbons (Fsp3) is 0.333. The first kappa shape index (κ1) is 14.1. The van der Waals surface area contributed by atoms with Gasteiger partial charge in [-0.3, -0.25) is 4.79 Å². The van der Waals surface area contributed by atoms with E-state index in [4.69, 9.17) is 0 Å². The minimum Gasteiger partial charge on any atom is -0.477 e. The third-order valence-corrected chi connectivity index (χ3v) is 3.18. The van der Waals surface area contributed by atoms with Crippen LogP contribution in [0.4, 0.5) is 5.69 Å². The summed E-state index contributed by atoms with van der Waals surface area (Å²) in [5, 5.41) is 12.5. The van der Waals surface area contributed by atoms with Crippen molar-refractivity contribution < 1.29 is 14.7 Å². The lowest BCUT2D eigenvalue weighted by Gasteiger charge is -2.18. The molecule has 0 unspecified atom stereocenters. The predicted octanol–water partition coefficient (Wildman–Crippen LogP) is 3.12. The van der Waals surface area contributed by atoms with Gasteiger partial charge in [-0.1, -0.05) is 32.9 Å². The van der Waals surface area contributed by atoms with Crippen LogP contribution >= 0.6 is 0 Å². The Balaban J connectivity index is 2.68. The van der Waals surface area contributed by atoms with Gasteiger partial charge in [-0.15, -0.1) is 0 Å². The second-order valence-electron chi connectivity index (χ2n) is 5.87. The summed E-state index contributed by atoms with van der Waals surface area (Å²) >= 11 is 0. The quantitative estimate of drug-likeness (QED) is 0.786. The number of H-pyrrole nitrogens is 1. The van der Waals surface area contributed by atoms with Crippen LogP contribution < -0.4 is 5.32 Å². The van der Waals surface area contributed by atoms with Crippen molar-refractivity contribution >= 4 is 28.5 Å². The predicted molar refractivity (Wildman–Crippen MR) is 78.3 cm³/mol. The van der Waals surface area contributed by atoms with Crippen LogP contribution in [0, 0.1) is 0 Å². The fourth-order valence-electron chi connectivity index (χ4n) is 2.13. The SMILES string of the molecule is CC(=O)Nc1c(C(=O)O)[nH]c2cc(C(C)(C)C)ccc12. The topological polar surface area (TPSA) is 82.2 Å². The molecule has 5 nitrogen and oxygen atoms in total. The lowest BCUT2D eigenvalue weighted by atomic mass is 9.87. The first-order chi connectivity index (χ1) is 9.20. The Morgan fingerprint density at radius 3 is 2.40 bits per heavy atom. The summed E-state index contributed by atoms with van der Waals surface area (Å²) in [6.07, 6.45) is 0. The van der Waals surface area contributed by atoms with E-state index in [-0.39, 0.29) is 17.0 Å². The Hall–Kier alpha value is -2.30. The van der Waals surface area contributed by atoms with E-state index in [0.29, 0.717) is 16.6 Å². The number of carbonyl (C=O) groups is 2. The van der Waals surface area contributed by atoms with Crippen LogP contribution in [-0.4, -0.2) is 22.0 Å². The number of fused-ring (bicyclic) bond motifs is 1. The standard InChI is InChI=1S/C15H18N2O3/c1-8(18)16-12-10-6-5-9(15(2,3)4)7-11(10)17-13(12)14(19)20/h5-7,17H,1-4H3,(H,16,18)(H,19,20). The molecule has 0 spiro atoms. The van der Waals surface area contributed by atoms with E-state index >= 15 is 0 Å². The normalized spacial score (nSPS) is 11.6. The molecule has 20 heavy (non-hydrogen) atoms. The Morgan fingerprint density at radius 1 is 1.25 bits per heavy atom. The number of aromatic nitrogens is 1. The van der Waals surface area contributed by atoms with Gasteiger partial charge in [0.2, 0.25) is 5.91 Å². The molecule has 1 aromatic heterocycles. The molecule has 0 aliphatic carbocycles. The van der Waals surface area contributed by atoms with Crippen molar-refractivity contribution in [1.82, 2.24) is 4.98 Å². The second kappa shape index (κ2) is 4.67. The first-order valence-corrected chi connectivity index (χ1v) is 6.37. The number of hydrogen-bond donors (Lipinski definition) is 3. The van der Waals surface area contributed by atoms with Crippen molar-refractivity contribution in [3.8, 4) is 0 Å². The van der Waals surface area contributed by atoms with Gasteiger partial charge in [0.25, 0.3) is 0 Å². The molecule has 3 N–H and O–H groups in total. The molecular formula is C15H18N2O3. The smallest absolute Gasteiger partial charge is 0.354 e. The van der Waals surface area contributed by atoms with E-state index in [9.17, 15) is 14.7 Å². The van der Waals surface area contributed by atoms with Gasteiger partial charge in [0.15, 0.2) is 0 Å². The molecule has 2 aromatic rings. The minimum atomic E-state index is -1.10. The van der Waals surface area contributed by atoms with Crippen molar-refractivity contribution in [3.05, 3.63) is 29.5 Å². The molecule has 0 fully saturated rings. The summed E-state index contributed by atoms with van der Waals surface area (Å²) in [6.45, 7) is 7.62. The molecule has 0 saturated carbocycles. The van der Waals surface area contributed by atoms with Crippen LogP contribution in [0.3, 0.4) is 0 Å². The van der Waals surface area contributed by atoms with Gasteiger partial charge in [-0.25, -0.2) is 4.79 Å². The summed E-state index contributed by atoms with van der Waals surface area (Å²) < 4.78 is 0. The third kappa shape index (κ3) is 2.52. The Bertz CT molecular complexity index is 693. The number of carboxylic acid groups (broad SMARTS) is 1. The summed E-state index contributed by atoms with van der Waals surface area (Å²) in [4.78, 5) is 25.4. The first-order valence-electron chi connectivity index (χ1n) is 6.37. The number of carboxylic acids is 1. The summed E-state index contributed by atoms with van der Waals surface area (Å²) in [5.41, 5.74) is 2.09. The number of nitrogens with one attached hydrogen (secondary N) is 2. The van der Waals surface area contributed by atoms with E-state index < -0.39 is 5.97 Å². The van der Waals surface area contributed by atoms with Crippen LogP contribution in [0.1, 0.15) is 43.7 Å². The number of hydrogen-bond acceptors (Lipinski definition) is 2. The number of benzene rings is 1. The number of aromatic amines is 1. The molecule has 0 aliphatic rings. The fourth-order valence-corrected chi connectivity index (χ4v) is 2.13. The molecule has 106 valence electrons. The highest BCUT2D eigenvalue weighted by atomic mass is 16.4. The van der Waals surface area contributed by atoms with Gasteiger partial charge in [0.1, 0.15) is 5.69 Å². The van der Waals surface area contributed by atoms with Crippen LogP contribution in [-0.2, 0) is 10.2 Å². The molecule has 0 bridgehead atoms. The number of aromatic carboxylic acids is 1. The maximum atomic E-state index is 11.3. The van der Waals surface area contributed by atoms with Crippen molar-refractivity contribution in [3.63, 3.8) is 0 Å². The van der Waals surface area contributed by atoms with Crippen molar-refractivity contribution in [2.24, 2.45) is 0 Å². The lowest BCUT2D eigenvalue weighted by Crippen LogP contribution is -2.10. The van der Waals surface area contributed by atoms with Crippen LogP contribution in [0.2, 0.25) is 0 Å². The van der Waals surface area contributed by atoms with Crippen LogP contribution in [0.15, 0.2) is 18.2 Å². The highest BCUT2D eigenvalue weighted by Gasteiger charge is 2.20. The van der Waals surface area contributed by atoms with E-state index in [1.165, 1.54) is 6.92 Å². The van der Waals surface area contributed by atoms with Gasteiger partial charge < -0.3 is 15.4 Å². The van der Waals surface area contributed by atoms with Crippen molar-refractivity contribution in [1.29, 1.82) is 0 Å². The number of rotatable bonds is 2. The molecule has 5 heteroatoms. The number of carbonyl (C=O) groups excluding carboxylic acids is 1. The third-order valence-electron chi connectivity index (χ3n) is 3.18. The Morgan fingerprint density at radius 2 is 1.90 bits per heavy atom. The molecule has 0 radical (unpaired) electrons. The van der Waals surface area contributed by atoms with E-state index in [1.807, 2.05) is 18.2 Å². The summed E-state index contributed by atoms with van der Waals surface area (Å²) in [5.74, 6) is -1.39. The molecule has 1 amide bonds. The largest absolute Gasteiger partial charge is 0.477 e. The Labute approximate surface area is 117 Å². The summed E-state index contributed by atoms with van der Waals surface area (Å²) in [6, 6.07) is 5.71. The van der Waals surface area contributed by atoms with Crippen molar-refractivity contribution in [2.75, 3.05) is 5.32 Å². The maximum absolute atomic E-state index is 11.3. The van der Waals surface area contributed by atoms with E-state index in [2.05, 4.69) is 31.1 Å². The number of amides is 1. The zero-order valence-electron chi connectivity index (χ0n) is 12.0. The monoisotopic (exact) mass is 274 g/mol. The molecule has 0 atom stereocenters. The molecule has 1 heterocycles. The Kier molecular flexibility index (Phi) is 3.29. The highest BCUT2D eigenvalue weighted by Crippen LogP contribution is 2.32. The van der Waals surface area contributed by atoms with Gasteiger partial charge in [0, 0.05) is 17.8 Å². The molecule has 1 aromatic carbocycles. The highest BCUT2D eigenvalue weighted by molar-refractivity contribution is 6.10. The van der Waals surface area contributed by atoms with Gasteiger partial charge in [-0.05, 0) is 17.0 Å². The average molecular weight is 274 g/mol. The molecule has 2 rings (SSSR count). The molecule has 0 aliphatic heterocycles. The van der Waals surface area contributed by atoms with Gasteiger partial charge in [-0.2, -0.15) is 0 Å². The minimum absolute atomic E-state index is 0.00117. The molecule has 0 saturated heterocycles. The zero-order chi connectivity index (χ0) is 15.1. The number of anilines is 1. The van der Waals surface area contributed by atoms with Crippen LogP contribution in [0.25, 0.3) is 10.9 Å². The van der Waals surface area contributed by atoms with Gasteiger partial charge in [0.05, 0.1) is 5.69 Å². The maximum Gasteiger partial charge on any atom is 0.354 e. The molecular weight excluding hydrogens is 256 g/mol. The van der Waals surface area contributed by atoms with E-state index in [1.54, 1.807) is 0 Å².